The lowest BCUT2D eigenvalue weighted by Gasteiger charge is -2.43. The largest absolute Gasteiger partial charge is 0.458 e. The quantitative estimate of drug-likeness (QED) is 0.153. The van der Waals surface area contributed by atoms with Crippen LogP contribution in [0.1, 0.15) is 0 Å². The number of rotatable bonds is 6. The van der Waals surface area contributed by atoms with E-state index >= 15 is 0 Å². The Kier molecular flexibility index (Phi) is 8.65. The second-order valence-electron chi connectivity index (χ2n) is 15.5. The Labute approximate surface area is 364 Å². The van der Waals surface area contributed by atoms with E-state index in [1.165, 1.54) is 0 Å². The number of nitrogens with zero attached hydrogens (tertiary/aromatic N) is 6. The average molecular weight is 827 g/mol. The SMILES string of the molecule is c1ccc(-c2cc(-c3ccc4c(c3)Oc3ccccc3[Si]43c4ccccc4Oc4cc(-c5cc(-c6ccncc6)nc(-c6ccncc6)n5)ccc43)nc(-c3ccccc3)n2)cc1. The van der Waals surface area contributed by atoms with E-state index in [0.29, 0.717) is 11.6 Å². The van der Waals surface area contributed by atoms with Gasteiger partial charge in [-0.3, -0.25) is 9.97 Å². The summed E-state index contributed by atoms with van der Waals surface area (Å²) in [6.45, 7) is 0. The number of para-hydroxylation sites is 2. The van der Waals surface area contributed by atoms with Crippen LogP contribution in [0.2, 0.25) is 0 Å². The molecule has 296 valence electrons. The molecule has 0 aliphatic carbocycles. The van der Waals surface area contributed by atoms with Gasteiger partial charge in [0.25, 0.3) is 0 Å². The molecule has 0 N–H and O–H groups in total. The highest BCUT2D eigenvalue weighted by Crippen LogP contribution is 2.39. The summed E-state index contributed by atoms with van der Waals surface area (Å²) in [6, 6.07) is 62.4. The average Bonchev–Trinajstić information content (AvgIpc) is 3.36. The Morgan fingerprint density at radius 1 is 0.286 bits per heavy atom. The molecule has 0 amide bonds. The van der Waals surface area contributed by atoms with Crippen molar-refractivity contribution in [2.24, 2.45) is 0 Å². The molecule has 2 aliphatic rings. The molecule has 12 rings (SSSR count). The summed E-state index contributed by atoms with van der Waals surface area (Å²) in [7, 11) is -3.08. The van der Waals surface area contributed by atoms with Gasteiger partial charge in [0.15, 0.2) is 19.7 Å². The third-order valence-electron chi connectivity index (χ3n) is 11.9. The van der Waals surface area contributed by atoms with Gasteiger partial charge in [-0.1, -0.05) is 121 Å². The molecule has 1 spiro atoms. The zero-order valence-electron chi connectivity index (χ0n) is 33.6. The highest BCUT2D eigenvalue weighted by molar-refractivity contribution is 7.21. The monoisotopic (exact) mass is 826 g/mol. The van der Waals surface area contributed by atoms with Crippen LogP contribution < -0.4 is 30.2 Å². The molecule has 6 heterocycles. The fraction of sp³-hybridized carbons (Fsp3) is 0. The van der Waals surface area contributed by atoms with E-state index in [0.717, 1.165) is 99.9 Å². The number of fused-ring (bicyclic) bond motifs is 8. The molecular weight excluding hydrogens is 793 g/mol. The van der Waals surface area contributed by atoms with Gasteiger partial charge < -0.3 is 9.47 Å². The lowest BCUT2D eigenvalue weighted by atomic mass is 10.1. The van der Waals surface area contributed by atoms with Gasteiger partial charge in [-0.05, 0) is 81.4 Å². The maximum Gasteiger partial charge on any atom is 0.196 e. The first-order valence-corrected chi connectivity index (χ1v) is 22.7. The van der Waals surface area contributed by atoms with Crippen LogP contribution in [0.5, 0.6) is 23.0 Å². The Hall–Kier alpha value is -8.40. The predicted octanol–water partition coefficient (Wildman–Crippen LogP) is 9.65. The molecule has 0 saturated carbocycles. The first-order valence-electron chi connectivity index (χ1n) is 20.7. The van der Waals surface area contributed by atoms with E-state index < -0.39 is 8.07 Å². The van der Waals surface area contributed by atoms with E-state index in [-0.39, 0.29) is 0 Å². The second-order valence-corrected chi connectivity index (χ2v) is 19.2. The summed E-state index contributed by atoms with van der Waals surface area (Å²) < 4.78 is 13.9. The number of aromatic nitrogens is 6. The van der Waals surface area contributed by atoms with Crippen molar-refractivity contribution in [3.05, 3.63) is 207 Å². The minimum Gasteiger partial charge on any atom is -0.458 e. The second kappa shape index (κ2) is 14.9. The van der Waals surface area contributed by atoms with Crippen LogP contribution in [0, 0.1) is 0 Å². The van der Waals surface area contributed by atoms with Crippen LogP contribution in [0.3, 0.4) is 0 Å². The summed E-state index contributed by atoms with van der Waals surface area (Å²) >= 11 is 0. The number of hydrogen-bond donors (Lipinski definition) is 0. The van der Waals surface area contributed by atoms with Gasteiger partial charge in [0.2, 0.25) is 0 Å². The van der Waals surface area contributed by atoms with Gasteiger partial charge in [0, 0.05) is 58.2 Å². The maximum atomic E-state index is 6.96. The topological polar surface area (TPSA) is 95.8 Å². The number of ether oxygens (including phenoxy) is 2. The third kappa shape index (κ3) is 6.21. The molecule has 2 aliphatic heterocycles. The van der Waals surface area contributed by atoms with Crippen molar-refractivity contribution in [3.8, 4) is 90.8 Å². The summed E-state index contributed by atoms with van der Waals surface area (Å²) in [6.07, 6.45) is 7.08. The van der Waals surface area contributed by atoms with Crippen molar-refractivity contribution in [3.63, 3.8) is 0 Å². The molecular formula is C54H34N6O2Si. The van der Waals surface area contributed by atoms with Crippen molar-refractivity contribution in [2.45, 2.75) is 0 Å². The molecule has 1 unspecified atom stereocenters. The van der Waals surface area contributed by atoms with Crippen molar-refractivity contribution in [1.29, 1.82) is 0 Å². The van der Waals surface area contributed by atoms with Crippen LogP contribution in [-0.2, 0) is 0 Å². The smallest absolute Gasteiger partial charge is 0.196 e. The molecule has 0 radical (unpaired) electrons. The van der Waals surface area contributed by atoms with E-state index in [2.05, 4.69) is 101 Å². The van der Waals surface area contributed by atoms with Gasteiger partial charge in [-0.15, -0.1) is 0 Å². The summed E-state index contributed by atoms with van der Waals surface area (Å²) in [4.78, 5) is 28.8. The van der Waals surface area contributed by atoms with Crippen molar-refractivity contribution < 1.29 is 9.47 Å². The molecule has 0 fully saturated rings. The normalized spacial score (nSPS) is 14.3. The minimum absolute atomic E-state index is 0.607. The van der Waals surface area contributed by atoms with Gasteiger partial charge in [0.05, 0.1) is 22.8 Å². The Balaban J connectivity index is 1.05. The molecule has 4 aromatic heterocycles. The highest BCUT2D eigenvalue weighted by atomic mass is 28.3. The number of pyridine rings is 2. The van der Waals surface area contributed by atoms with E-state index in [1.54, 1.807) is 24.8 Å². The molecule has 1 atom stereocenters. The van der Waals surface area contributed by atoms with E-state index in [4.69, 9.17) is 29.4 Å². The predicted molar refractivity (Wildman–Crippen MR) is 250 cm³/mol. The zero-order valence-corrected chi connectivity index (χ0v) is 34.6. The molecule has 8 nitrogen and oxygen atoms in total. The van der Waals surface area contributed by atoms with Crippen molar-refractivity contribution in [2.75, 3.05) is 0 Å². The van der Waals surface area contributed by atoms with Crippen molar-refractivity contribution >= 4 is 28.8 Å². The Bertz CT molecular complexity index is 3010. The summed E-state index contributed by atoms with van der Waals surface area (Å²) in [5, 5.41) is 4.60. The van der Waals surface area contributed by atoms with E-state index in [9.17, 15) is 0 Å². The molecule has 10 aromatic rings. The van der Waals surface area contributed by atoms with Crippen LogP contribution in [0.15, 0.2) is 207 Å². The van der Waals surface area contributed by atoms with Crippen LogP contribution in [-0.4, -0.2) is 38.0 Å². The minimum atomic E-state index is -3.08. The van der Waals surface area contributed by atoms with Gasteiger partial charge in [-0.25, -0.2) is 19.9 Å². The lowest BCUT2D eigenvalue weighted by Crippen LogP contribution is -2.77. The lowest BCUT2D eigenvalue weighted by molar-refractivity contribution is 0.482. The number of hydrogen-bond acceptors (Lipinski definition) is 8. The van der Waals surface area contributed by atoms with E-state index in [1.807, 2.05) is 91.0 Å². The molecule has 0 saturated heterocycles. The Morgan fingerprint density at radius 3 is 1.14 bits per heavy atom. The molecule has 6 aromatic carbocycles. The Morgan fingerprint density at radius 2 is 0.651 bits per heavy atom. The summed E-state index contributed by atoms with van der Waals surface area (Å²) in [5.74, 6) is 4.51. The third-order valence-corrected chi connectivity index (χ3v) is 16.7. The highest BCUT2D eigenvalue weighted by Gasteiger charge is 2.53. The van der Waals surface area contributed by atoms with Gasteiger partial charge >= 0.3 is 0 Å². The maximum absolute atomic E-state index is 6.96. The number of benzene rings is 6. The first kappa shape index (κ1) is 36.4. The molecule has 9 heteroatoms. The fourth-order valence-electron chi connectivity index (χ4n) is 8.95. The first-order chi connectivity index (χ1) is 31.2. The van der Waals surface area contributed by atoms with Gasteiger partial charge in [0.1, 0.15) is 23.0 Å². The van der Waals surface area contributed by atoms with Crippen LogP contribution >= 0.6 is 0 Å². The zero-order chi connectivity index (χ0) is 41.7. The molecule has 0 bridgehead atoms. The standard InChI is InChI=1S/C54H34N6O2Si/c1-3-11-35(12-4-1)41-33-43(59-53(57-41)37-13-5-2-6-14-37)39-19-21-51-47(31-39)61-45-15-7-9-17-49(45)63(51)50-18-10-8-16-46(50)62-48-32-40(20-22-52(48)63)44-34-42(36-23-27-55-28-24-36)58-54(60-44)38-25-29-56-30-26-38/h1-34H. The van der Waals surface area contributed by atoms with Crippen LogP contribution in [0.25, 0.3) is 67.8 Å². The summed E-state index contributed by atoms with van der Waals surface area (Å²) in [5.41, 5.74) is 8.86. The van der Waals surface area contributed by atoms with Crippen LogP contribution in [0.4, 0.5) is 0 Å². The molecule has 63 heavy (non-hydrogen) atoms. The fourth-order valence-corrected chi connectivity index (χ4v) is 14.0. The van der Waals surface area contributed by atoms with Gasteiger partial charge in [-0.2, -0.15) is 0 Å². The van der Waals surface area contributed by atoms with Crippen molar-refractivity contribution in [1.82, 2.24) is 29.9 Å².